The van der Waals surface area contributed by atoms with Gasteiger partial charge in [-0.15, -0.1) is 0 Å². The molecule has 1 aliphatic rings. The van der Waals surface area contributed by atoms with Gasteiger partial charge in [0.1, 0.15) is 17.2 Å². The third-order valence-corrected chi connectivity index (χ3v) is 6.33. The molecule has 0 fully saturated rings. The molecule has 2 aromatic carbocycles. The monoisotopic (exact) mass is 489 g/mol. The number of nitrogens with zero attached hydrogens (tertiary/aromatic N) is 2. The number of furan rings is 1. The van der Waals surface area contributed by atoms with Crippen molar-refractivity contribution in [1.82, 2.24) is 5.32 Å². The highest BCUT2D eigenvalue weighted by atomic mass is 32.2. The van der Waals surface area contributed by atoms with Crippen LogP contribution in [0.25, 0.3) is 6.08 Å². The highest BCUT2D eigenvalue weighted by Crippen LogP contribution is 2.31. The number of aryl methyl sites for hydroxylation is 2. The van der Waals surface area contributed by atoms with Crippen LogP contribution in [0.3, 0.4) is 0 Å². The van der Waals surface area contributed by atoms with E-state index in [9.17, 15) is 9.59 Å². The van der Waals surface area contributed by atoms with Gasteiger partial charge in [-0.1, -0.05) is 30.0 Å². The van der Waals surface area contributed by atoms with Crippen LogP contribution in [0.15, 0.2) is 76.0 Å². The van der Waals surface area contributed by atoms with Gasteiger partial charge in [-0.05, 0) is 79.9 Å². The molecular formula is C27H27N3O4S. The first-order valence-electron chi connectivity index (χ1n) is 11.2. The number of nitrogens with one attached hydrogen (secondary N) is 1. The predicted molar refractivity (Wildman–Crippen MR) is 140 cm³/mol. The Morgan fingerprint density at radius 2 is 1.89 bits per heavy atom. The van der Waals surface area contributed by atoms with Gasteiger partial charge in [0.2, 0.25) is 5.91 Å². The van der Waals surface area contributed by atoms with Crippen molar-refractivity contribution in [2.45, 2.75) is 26.8 Å². The smallest absolute Gasteiger partial charge is 0.283 e. The molecule has 4 rings (SSSR count). The van der Waals surface area contributed by atoms with Crippen molar-refractivity contribution < 1.29 is 18.7 Å². The first kappa shape index (κ1) is 24.3. The summed E-state index contributed by atoms with van der Waals surface area (Å²) in [5, 5.41) is 3.37. The Balaban J connectivity index is 1.57. The lowest BCUT2D eigenvalue weighted by Crippen LogP contribution is -2.33. The van der Waals surface area contributed by atoms with Gasteiger partial charge in [0.05, 0.1) is 30.9 Å². The van der Waals surface area contributed by atoms with Crippen molar-refractivity contribution in [2.75, 3.05) is 17.8 Å². The minimum atomic E-state index is -0.258. The Morgan fingerprint density at radius 3 is 2.51 bits per heavy atom. The van der Waals surface area contributed by atoms with Gasteiger partial charge in [0.15, 0.2) is 5.17 Å². The highest BCUT2D eigenvalue weighted by molar-refractivity contribution is 8.14. The Morgan fingerprint density at radius 1 is 1.17 bits per heavy atom. The van der Waals surface area contributed by atoms with E-state index in [1.54, 1.807) is 30.4 Å². The van der Waals surface area contributed by atoms with Crippen LogP contribution in [0, 0.1) is 13.8 Å². The number of hydrogen-bond acceptors (Lipinski definition) is 6. The van der Waals surface area contributed by atoms with Crippen LogP contribution >= 0.6 is 11.8 Å². The van der Waals surface area contributed by atoms with E-state index in [-0.39, 0.29) is 23.6 Å². The molecule has 2 amide bonds. The summed E-state index contributed by atoms with van der Waals surface area (Å²) in [4.78, 5) is 32.2. The molecule has 1 aromatic heterocycles. The second-order valence-corrected chi connectivity index (χ2v) is 9.22. The Hall–Kier alpha value is -3.78. The SMILES string of the molecule is COc1ccc(/C=C2\N=C(SCC(=O)NC(C)c3ccco3)N(c3cc(C)cc(C)c3)C2=O)cc1. The molecule has 0 spiro atoms. The fourth-order valence-electron chi connectivity index (χ4n) is 3.78. The first-order chi connectivity index (χ1) is 16.8. The maximum absolute atomic E-state index is 13.4. The van der Waals surface area contributed by atoms with Crippen LogP contribution in [0.5, 0.6) is 5.75 Å². The maximum Gasteiger partial charge on any atom is 0.283 e. The van der Waals surface area contributed by atoms with Gasteiger partial charge in [0.25, 0.3) is 5.91 Å². The Labute approximate surface area is 208 Å². The second kappa shape index (κ2) is 10.7. The Bertz CT molecular complexity index is 1260. The fourth-order valence-corrected chi connectivity index (χ4v) is 4.60. The second-order valence-electron chi connectivity index (χ2n) is 8.28. The number of amides is 2. The van der Waals surface area contributed by atoms with Crippen molar-refractivity contribution >= 4 is 40.5 Å². The van der Waals surface area contributed by atoms with Gasteiger partial charge < -0.3 is 14.5 Å². The number of rotatable bonds is 7. The molecule has 2 heterocycles. The van der Waals surface area contributed by atoms with Crippen LogP contribution in [0.4, 0.5) is 5.69 Å². The largest absolute Gasteiger partial charge is 0.497 e. The number of thioether (sulfide) groups is 1. The lowest BCUT2D eigenvalue weighted by Gasteiger charge is -2.19. The molecule has 3 aromatic rings. The van der Waals surface area contributed by atoms with E-state index in [2.05, 4.69) is 10.3 Å². The number of carbonyl (C=O) groups is 2. The molecule has 1 atom stereocenters. The summed E-state index contributed by atoms with van der Waals surface area (Å²) in [6.45, 7) is 5.83. The molecule has 1 N–H and O–H groups in total. The topological polar surface area (TPSA) is 84.1 Å². The highest BCUT2D eigenvalue weighted by Gasteiger charge is 2.32. The van der Waals surface area contributed by atoms with Crippen molar-refractivity contribution in [3.8, 4) is 5.75 Å². The van der Waals surface area contributed by atoms with Gasteiger partial charge in [-0.25, -0.2) is 4.99 Å². The van der Waals surface area contributed by atoms with Gasteiger partial charge in [-0.2, -0.15) is 0 Å². The normalized spacial score (nSPS) is 15.3. The first-order valence-corrected chi connectivity index (χ1v) is 12.2. The summed E-state index contributed by atoms with van der Waals surface area (Å²) in [5.41, 5.74) is 3.93. The van der Waals surface area contributed by atoms with Crippen LogP contribution < -0.4 is 15.0 Å². The van der Waals surface area contributed by atoms with E-state index < -0.39 is 0 Å². The molecular weight excluding hydrogens is 462 g/mol. The molecule has 1 aliphatic heterocycles. The van der Waals surface area contributed by atoms with E-state index >= 15 is 0 Å². The lowest BCUT2D eigenvalue weighted by atomic mass is 10.1. The van der Waals surface area contributed by atoms with Crippen LogP contribution in [-0.4, -0.2) is 29.8 Å². The van der Waals surface area contributed by atoms with E-state index in [1.807, 2.05) is 69.3 Å². The zero-order valence-electron chi connectivity index (χ0n) is 20.1. The van der Waals surface area contributed by atoms with E-state index in [1.165, 1.54) is 11.8 Å². The van der Waals surface area contributed by atoms with E-state index in [0.29, 0.717) is 16.6 Å². The summed E-state index contributed by atoms with van der Waals surface area (Å²) in [7, 11) is 1.61. The number of methoxy groups -OCH3 is 1. The zero-order chi connectivity index (χ0) is 24.9. The summed E-state index contributed by atoms with van der Waals surface area (Å²) in [6, 6.07) is 16.7. The third kappa shape index (κ3) is 5.84. The number of amidine groups is 1. The fraction of sp³-hybridized carbons (Fsp3) is 0.222. The number of carbonyl (C=O) groups excluding carboxylic acids is 2. The van der Waals surface area contributed by atoms with Gasteiger partial charge >= 0.3 is 0 Å². The minimum absolute atomic E-state index is 0.105. The predicted octanol–water partition coefficient (Wildman–Crippen LogP) is 5.26. The van der Waals surface area contributed by atoms with E-state index in [0.717, 1.165) is 28.1 Å². The van der Waals surface area contributed by atoms with Crippen molar-refractivity contribution in [3.63, 3.8) is 0 Å². The summed E-state index contributed by atoms with van der Waals surface area (Å²) in [6.07, 6.45) is 3.31. The number of aliphatic imine (C=N–C) groups is 1. The molecule has 0 bridgehead atoms. The standard InChI is InChI=1S/C27H27N3O4S/c1-17-12-18(2)14-21(13-17)30-26(32)23(15-20-7-9-22(33-4)10-8-20)29-27(30)35-16-25(31)28-19(3)24-6-5-11-34-24/h5-15,19H,16H2,1-4H3,(H,28,31)/b23-15-. The molecule has 35 heavy (non-hydrogen) atoms. The maximum atomic E-state index is 13.4. The molecule has 180 valence electrons. The minimum Gasteiger partial charge on any atom is -0.497 e. The number of hydrogen-bond donors (Lipinski definition) is 1. The van der Waals surface area contributed by atoms with E-state index in [4.69, 9.17) is 9.15 Å². The number of anilines is 1. The van der Waals surface area contributed by atoms with Crippen molar-refractivity contribution in [3.05, 3.63) is 89.0 Å². The number of benzene rings is 2. The van der Waals surface area contributed by atoms with Crippen molar-refractivity contribution in [2.24, 2.45) is 4.99 Å². The van der Waals surface area contributed by atoms with Crippen molar-refractivity contribution in [1.29, 1.82) is 0 Å². The average Bonchev–Trinajstić information content (AvgIpc) is 3.46. The summed E-state index contributed by atoms with van der Waals surface area (Å²) >= 11 is 1.22. The molecule has 7 nitrogen and oxygen atoms in total. The zero-order valence-corrected chi connectivity index (χ0v) is 20.9. The Kier molecular flexibility index (Phi) is 7.41. The molecule has 0 saturated carbocycles. The molecule has 0 radical (unpaired) electrons. The molecule has 0 aliphatic carbocycles. The average molecular weight is 490 g/mol. The van der Waals surface area contributed by atoms with Gasteiger partial charge in [-0.3, -0.25) is 14.5 Å². The quantitative estimate of drug-likeness (QED) is 0.458. The van der Waals surface area contributed by atoms with Crippen LogP contribution in [-0.2, 0) is 9.59 Å². The van der Waals surface area contributed by atoms with Gasteiger partial charge in [0, 0.05) is 0 Å². The summed E-state index contributed by atoms with van der Waals surface area (Å²) < 4.78 is 10.6. The molecule has 8 heteroatoms. The number of ether oxygens (including phenoxy) is 1. The summed E-state index contributed by atoms with van der Waals surface area (Å²) in [5.74, 6) is 1.10. The molecule has 0 saturated heterocycles. The van der Waals surface area contributed by atoms with Crippen LogP contribution in [0.2, 0.25) is 0 Å². The lowest BCUT2D eigenvalue weighted by molar-refractivity contribution is -0.119. The van der Waals surface area contributed by atoms with Crippen LogP contribution in [0.1, 0.15) is 35.4 Å². The molecule has 1 unspecified atom stereocenters. The third-order valence-electron chi connectivity index (χ3n) is 5.39.